The second-order valence-corrected chi connectivity index (χ2v) is 5.95. The lowest BCUT2D eigenvalue weighted by molar-refractivity contribution is -0.141. The van der Waals surface area contributed by atoms with Crippen molar-refractivity contribution >= 4 is 5.91 Å². The van der Waals surface area contributed by atoms with Crippen molar-refractivity contribution in [2.75, 3.05) is 32.8 Å². The van der Waals surface area contributed by atoms with Crippen molar-refractivity contribution in [3.8, 4) is 0 Å². The summed E-state index contributed by atoms with van der Waals surface area (Å²) in [7, 11) is 0. The van der Waals surface area contributed by atoms with Gasteiger partial charge in [-0.25, -0.2) is 0 Å². The van der Waals surface area contributed by atoms with Crippen LogP contribution in [0.1, 0.15) is 45.4 Å². The van der Waals surface area contributed by atoms with Crippen LogP contribution in [0.2, 0.25) is 0 Å². The molecule has 2 saturated heterocycles. The van der Waals surface area contributed by atoms with Gasteiger partial charge in [0.15, 0.2) is 0 Å². The Morgan fingerprint density at radius 1 is 1.45 bits per heavy atom. The molecule has 1 amide bonds. The molecule has 2 fully saturated rings. The maximum absolute atomic E-state index is 12.8. The van der Waals surface area contributed by atoms with Gasteiger partial charge < -0.3 is 20.1 Å². The van der Waals surface area contributed by atoms with Crippen LogP contribution in [0.5, 0.6) is 0 Å². The topological polar surface area (TPSA) is 61.8 Å². The molecule has 0 radical (unpaired) electrons. The molecular weight excluding hydrogens is 256 g/mol. The van der Waals surface area contributed by atoms with Crippen molar-refractivity contribution < 1.29 is 14.6 Å². The zero-order valence-corrected chi connectivity index (χ0v) is 12.6. The first kappa shape index (κ1) is 15.7. The standard InChI is InChI=1S/C15H28N2O3/c1-2-6-15(7-3-8-16-15)14(19)17-9-4-13(5-10-17)20-12-11-18/h13,16,18H,2-12H2,1H3. The van der Waals surface area contributed by atoms with Crippen LogP contribution < -0.4 is 5.32 Å². The minimum absolute atomic E-state index is 0.0721. The fraction of sp³-hybridized carbons (Fsp3) is 0.933. The number of nitrogens with one attached hydrogen (secondary N) is 1. The van der Waals surface area contributed by atoms with E-state index in [1.807, 2.05) is 4.90 Å². The summed E-state index contributed by atoms with van der Waals surface area (Å²) in [5.41, 5.74) is -0.298. The molecule has 116 valence electrons. The third-order valence-corrected chi connectivity index (χ3v) is 4.50. The fourth-order valence-electron chi connectivity index (χ4n) is 3.48. The quantitative estimate of drug-likeness (QED) is 0.761. The lowest BCUT2D eigenvalue weighted by Crippen LogP contribution is -2.56. The third kappa shape index (κ3) is 3.51. The van der Waals surface area contributed by atoms with Crippen molar-refractivity contribution in [3.63, 3.8) is 0 Å². The van der Waals surface area contributed by atoms with Crippen LogP contribution in [0.25, 0.3) is 0 Å². The van der Waals surface area contributed by atoms with Crippen LogP contribution in [-0.4, -0.2) is 60.4 Å². The molecule has 0 saturated carbocycles. The van der Waals surface area contributed by atoms with Gasteiger partial charge in [0.05, 0.1) is 24.9 Å². The van der Waals surface area contributed by atoms with E-state index in [9.17, 15) is 4.79 Å². The van der Waals surface area contributed by atoms with Crippen molar-refractivity contribution in [1.82, 2.24) is 10.2 Å². The zero-order valence-electron chi connectivity index (χ0n) is 12.6. The summed E-state index contributed by atoms with van der Waals surface area (Å²) < 4.78 is 5.55. The Balaban J connectivity index is 1.87. The van der Waals surface area contributed by atoms with Crippen LogP contribution >= 0.6 is 0 Å². The number of nitrogens with zero attached hydrogens (tertiary/aromatic N) is 1. The number of ether oxygens (including phenoxy) is 1. The van der Waals surface area contributed by atoms with E-state index in [0.717, 1.165) is 58.2 Å². The predicted octanol–water partition coefficient (Wildman–Crippen LogP) is 0.909. The second kappa shape index (κ2) is 7.38. The normalized spacial score (nSPS) is 28.0. The van der Waals surface area contributed by atoms with Crippen LogP contribution in [0.3, 0.4) is 0 Å². The maximum atomic E-state index is 12.8. The highest BCUT2D eigenvalue weighted by Gasteiger charge is 2.43. The van der Waals surface area contributed by atoms with E-state index in [-0.39, 0.29) is 24.2 Å². The number of hydrogen-bond acceptors (Lipinski definition) is 4. The SMILES string of the molecule is CCCC1(C(=O)N2CCC(OCCO)CC2)CCCN1. The average Bonchev–Trinajstić information content (AvgIpc) is 2.95. The van der Waals surface area contributed by atoms with Gasteiger partial charge in [0.25, 0.3) is 0 Å². The summed E-state index contributed by atoms with van der Waals surface area (Å²) in [4.78, 5) is 14.8. The fourth-order valence-corrected chi connectivity index (χ4v) is 3.48. The molecule has 0 aromatic rings. The number of rotatable bonds is 6. The largest absolute Gasteiger partial charge is 0.394 e. The van der Waals surface area contributed by atoms with Crippen molar-refractivity contribution in [1.29, 1.82) is 0 Å². The molecule has 1 atom stereocenters. The minimum atomic E-state index is -0.298. The van der Waals surface area contributed by atoms with Gasteiger partial charge in [-0.05, 0) is 38.6 Å². The Morgan fingerprint density at radius 3 is 2.75 bits per heavy atom. The molecule has 5 heteroatoms. The number of carbonyl (C=O) groups is 1. The van der Waals surface area contributed by atoms with Gasteiger partial charge in [0.1, 0.15) is 0 Å². The highest BCUT2D eigenvalue weighted by atomic mass is 16.5. The molecule has 2 rings (SSSR count). The van der Waals surface area contributed by atoms with Gasteiger partial charge >= 0.3 is 0 Å². The molecule has 2 aliphatic rings. The highest BCUT2D eigenvalue weighted by Crippen LogP contribution is 2.28. The van der Waals surface area contributed by atoms with E-state index in [4.69, 9.17) is 9.84 Å². The number of likely N-dealkylation sites (tertiary alicyclic amines) is 1. The molecule has 5 nitrogen and oxygen atoms in total. The number of hydrogen-bond donors (Lipinski definition) is 2. The van der Waals surface area contributed by atoms with E-state index in [1.165, 1.54) is 0 Å². The summed E-state index contributed by atoms with van der Waals surface area (Å²) in [6.07, 6.45) is 6.01. The van der Waals surface area contributed by atoms with Crippen LogP contribution in [0, 0.1) is 0 Å². The van der Waals surface area contributed by atoms with Crippen molar-refractivity contribution in [2.45, 2.75) is 57.1 Å². The summed E-state index contributed by atoms with van der Waals surface area (Å²) in [5.74, 6) is 0.289. The molecule has 1 unspecified atom stereocenters. The number of aliphatic hydroxyl groups is 1. The maximum Gasteiger partial charge on any atom is 0.242 e. The molecule has 0 aromatic carbocycles. The van der Waals surface area contributed by atoms with E-state index < -0.39 is 0 Å². The zero-order chi connectivity index (χ0) is 14.4. The van der Waals surface area contributed by atoms with Gasteiger partial charge in [0.2, 0.25) is 5.91 Å². The number of aliphatic hydroxyl groups excluding tert-OH is 1. The van der Waals surface area contributed by atoms with Crippen LogP contribution in [0.4, 0.5) is 0 Å². The molecule has 2 N–H and O–H groups in total. The van der Waals surface area contributed by atoms with Crippen LogP contribution in [0.15, 0.2) is 0 Å². The Kier molecular flexibility index (Phi) is 5.81. The van der Waals surface area contributed by atoms with Crippen molar-refractivity contribution in [2.24, 2.45) is 0 Å². The second-order valence-electron chi connectivity index (χ2n) is 5.95. The van der Waals surface area contributed by atoms with Gasteiger partial charge in [-0.3, -0.25) is 4.79 Å². The number of piperidine rings is 1. The highest BCUT2D eigenvalue weighted by molar-refractivity contribution is 5.86. The first-order valence-corrected chi connectivity index (χ1v) is 7.99. The van der Waals surface area contributed by atoms with Gasteiger partial charge in [-0.15, -0.1) is 0 Å². The first-order chi connectivity index (χ1) is 9.72. The summed E-state index contributed by atoms with van der Waals surface area (Å²) in [6.45, 7) is 5.14. The molecule has 2 heterocycles. The van der Waals surface area contributed by atoms with E-state index in [0.29, 0.717) is 6.61 Å². The number of amides is 1. The Labute approximate surface area is 121 Å². The monoisotopic (exact) mass is 284 g/mol. The molecule has 20 heavy (non-hydrogen) atoms. The third-order valence-electron chi connectivity index (χ3n) is 4.50. The van der Waals surface area contributed by atoms with E-state index in [1.54, 1.807) is 0 Å². The van der Waals surface area contributed by atoms with Crippen molar-refractivity contribution in [3.05, 3.63) is 0 Å². The molecule has 0 spiro atoms. The Morgan fingerprint density at radius 2 is 2.20 bits per heavy atom. The van der Waals surface area contributed by atoms with Gasteiger partial charge in [-0.1, -0.05) is 13.3 Å². The smallest absolute Gasteiger partial charge is 0.242 e. The summed E-state index contributed by atoms with van der Waals surface area (Å²) >= 11 is 0. The minimum Gasteiger partial charge on any atom is -0.394 e. The Bertz CT molecular complexity index is 308. The molecule has 0 aromatic heterocycles. The molecule has 0 aliphatic carbocycles. The van der Waals surface area contributed by atoms with E-state index >= 15 is 0 Å². The average molecular weight is 284 g/mol. The molecular formula is C15H28N2O3. The summed E-state index contributed by atoms with van der Waals surface area (Å²) in [5, 5.41) is 12.2. The Hall–Kier alpha value is -0.650. The van der Waals surface area contributed by atoms with E-state index in [2.05, 4.69) is 12.2 Å². The molecule has 0 bridgehead atoms. The predicted molar refractivity (Wildman–Crippen MR) is 77.5 cm³/mol. The summed E-state index contributed by atoms with van der Waals surface area (Å²) in [6, 6.07) is 0. The number of carbonyl (C=O) groups excluding carboxylic acids is 1. The van der Waals surface area contributed by atoms with Gasteiger partial charge in [-0.2, -0.15) is 0 Å². The van der Waals surface area contributed by atoms with Crippen LogP contribution in [-0.2, 0) is 9.53 Å². The first-order valence-electron chi connectivity index (χ1n) is 7.99. The lowest BCUT2D eigenvalue weighted by atomic mass is 9.89. The lowest BCUT2D eigenvalue weighted by Gasteiger charge is -2.38. The van der Waals surface area contributed by atoms with Gasteiger partial charge in [0, 0.05) is 13.1 Å². The molecule has 2 aliphatic heterocycles.